The lowest BCUT2D eigenvalue weighted by Crippen LogP contribution is -2.38. The van der Waals surface area contributed by atoms with Gasteiger partial charge in [0, 0.05) is 35.3 Å². The Labute approximate surface area is 134 Å². The van der Waals surface area contributed by atoms with E-state index in [1.165, 1.54) is 12.8 Å². The van der Waals surface area contributed by atoms with Crippen molar-refractivity contribution >= 4 is 29.0 Å². The minimum Gasteiger partial charge on any atom is -0.396 e. The van der Waals surface area contributed by atoms with E-state index in [4.69, 9.17) is 0 Å². The number of nitrogens with zero attached hydrogens (tertiary/aromatic N) is 1. The molecule has 1 heterocycles. The standard InChI is InChI=1S/C15H24N2O2S2/c1-12-17-13(9-21-12)8-20-7-4-14(19)16-10-15(11-18)5-2-3-6-15/h9,18H,2-8,10-11H2,1H3,(H,16,19). The van der Waals surface area contributed by atoms with Gasteiger partial charge in [-0.2, -0.15) is 11.8 Å². The Morgan fingerprint density at radius 3 is 2.90 bits per heavy atom. The van der Waals surface area contributed by atoms with Crippen LogP contribution < -0.4 is 5.32 Å². The molecule has 1 fully saturated rings. The van der Waals surface area contributed by atoms with Crippen molar-refractivity contribution in [2.45, 2.75) is 44.8 Å². The smallest absolute Gasteiger partial charge is 0.220 e. The van der Waals surface area contributed by atoms with Gasteiger partial charge in [0.25, 0.3) is 0 Å². The first-order valence-corrected chi connectivity index (χ1v) is 9.53. The van der Waals surface area contributed by atoms with Crippen LogP contribution in [-0.2, 0) is 10.5 Å². The SMILES string of the molecule is Cc1nc(CSCCC(=O)NCC2(CO)CCCC2)cs1. The van der Waals surface area contributed by atoms with E-state index in [9.17, 15) is 9.90 Å². The van der Waals surface area contributed by atoms with Gasteiger partial charge in [0.15, 0.2) is 0 Å². The summed E-state index contributed by atoms with van der Waals surface area (Å²) in [4.78, 5) is 16.3. The maximum Gasteiger partial charge on any atom is 0.220 e. The minimum atomic E-state index is -0.0546. The molecule has 21 heavy (non-hydrogen) atoms. The lowest BCUT2D eigenvalue weighted by Gasteiger charge is -2.26. The van der Waals surface area contributed by atoms with Crippen molar-refractivity contribution in [1.82, 2.24) is 10.3 Å². The van der Waals surface area contributed by atoms with Crippen molar-refractivity contribution < 1.29 is 9.90 Å². The Morgan fingerprint density at radius 2 is 2.29 bits per heavy atom. The molecular weight excluding hydrogens is 304 g/mol. The number of aliphatic hydroxyl groups excluding tert-OH is 1. The van der Waals surface area contributed by atoms with Crippen LogP contribution in [-0.4, -0.2) is 34.9 Å². The molecule has 118 valence electrons. The monoisotopic (exact) mass is 328 g/mol. The summed E-state index contributed by atoms with van der Waals surface area (Å²) in [5.74, 6) is 1.78. The van der Waals surface area contributed by atoms with Crippen LogP contribution in [0.25, 0.3) is 0 Å². The lowest BCUT2D eigenvalue weighted by atomic mass is 9.87. The van der Waals surface area contributed by atoms with Gasteiger partial charge in [0.1, 0.15) is 0 Å². The second-order valence-electron chi connectivity index (χ2n) is 5.80. The van der Waals surface area contributed by atoms with E-state index < -0.39 is 0 Å². The maximum absolute atomic E-state index is 11.9. The fourth-order valence-corrected chi connectivity index (χ4v) is 4.26. The normalized spacial score (nSPS) is 17.0. The van der Waals surface area contributed by atoms with Crippen molar-refractivity contribution in [2.24, 2.45) is 5.41 Å². The van der Waals surface area contributed by atoms with Gasteiger partial charge in [0.05, 0.1) is 17.3 Å². The average molecular weight is 329 g/mol. The molecule has 0 atom stereocenters. The Kier molecular flexibility index (Phi) is 6.51. The highest BCUT2D eigenvalue weighted by molar-refractivity contribution is 7.98. The summed E-state index contributed by atoms with van der Waals surface area (Å²) in [5.41, 5.74) is 1.05. The molecule has 1 amide bonds. The lowest BCUT2D eigenvalue weighted by molar-refractivity contribution is -0.121. The third-order valence-electron chi connectivity index (χ3n) is 4.05. The largest absolute Gasteiger partial charge is 0.396 e. The minimum absolute atomic E-state index is 0.0546. The molecule has 0 saturated heterocycles. The van der Waals surface area contributed by atoms with E-state index in [1.807, 2.05) is 6.92 Å². The number of rotatable bonds is 8. The highest BCUT2D eigenvalue weighted by Crippen LogP contribution is 2.36. The first-order chi connectivity index (χ1) is 10.1. The van der Waals surface area contributed by atoms with E-state index in [-0.39, 0.29) is 17.9 Å². The third-order valence-corrected chi connectivity index (χ3v) is 5.87. The van der Waals surface area contributed by atoms with Gasteiger partial charge in [-0.3, -0.25) is 4.79 Å². The Bertz CT molecular complexity index is 456. The molecule has 1 aromatic rings. The van der Waals surface area contributed by atoms with Crippen molar-refractivity contribution in [3.05, 3.63) is 16.1 Å². The number of aliphatic hydroxyl groups is 1. The first kappa shape index (κ1) is 16.8. The number of thiazole rings is 1. The first-order valence-electron chi connectivity index (χ1n) is 7.50. The number of nitrogens with one attached hydrogen (secondary N) is 1. The number of aryl methyl sites for hydroxylation is 1. The number of aromatic nitrogens is 1. The molecule has 1 saturated carbocycles. The molecule has 2 rings (SSSR count). The van der Waals surface area contributed by atoms with Crippen LogP contribution in [0.4, 0.5) is 0 Å². The molecular formula is C15H24N2O2S2. The predicted octanol–water partition coefficient (Wildman–Crippen LogP) is 2.74. The van der Waals surface area contributed by atoms with Crippen molar-refractivity contribution in [2.75, 3.05) is 18.9 Å². The van der Waals surface area contributed by atoms with Crippen LogP contribution in [0.1, 0.15) is 42.8 Å². The number of carbonyl (C=O) groups is 1. The van der Waals surface area contributed by atoms with Gasteiger partial charge in [0.2, 0.25) is 5.91 Å². The number of amides is 1. The molecule has 0 aliphatic heterocycles. The maximum atomic E-state index is 11.9. The summed E-state index contributed by atoms with van der Waals surface area (Å²) in [6.07, 6.45) is 4.93. The zero-order valence-corrected chi connectivity index (χ0v) is 14.2. The average Bonchev–Trinajstić information content (AvgIpc) is 3.11. The summed E-state index contributed by atoms with van der Waals surface area (Å²) in [5, 5.41) is 15.7. The molecule has 2 N–H and O–H groups in total. The van der Waals surface area contributed by atoms with Gasteiger partial charge in [-0.15, -0.1) is 11.3 Å². The summed E-state index contributed by atoms with van der Waals surface area (Å²) in [6, 6.07) is 0. The van der Waals surface area contributed by atoms with E-state index in [1.54, 1.807) is 23.1 Å². The van der Waals surface area contributed by atoms with Crippen LogP contribution in [0, 0.1) is 12.3 Å². The van der Waals surface area contributed by atoms with Crippen molar-refractivity contribution in [1.29, 1.82) is 0 Å². The molecule has 1 aliphatic rings. The molecule has 0 aromatic carbocycles. The molecule has 4 nitrogen and oxygen atoms in total. The van der Waals surface area contributed by atoms with Crippen LogP contribution in [0.3, 0.4) is 0 Å². The highest BCUT2D eigenvalue weighted by atomic mass is 32.2. The number of hydrogen-bond acceptors (Lipinski definition) is 5. The van der Waals surface area contributed by atoms with Gasteiger partial charge >= 0.3 is 0 Å². The summed E-state index contributed by atoms with van der Waals surface area (Å²) >= 11 is 3.41. The van der Waals surface area contributed by atoms with E-state index in [0.717, 1.165) is 35.0 Å². The van der Waals surface area contributed by atoms with Gasteiger partial charge in [-0.25, -0.2) is 4.98 Å². The van der Waals surface area contributed by atoms with Crippen LogP contribution in [0.2, 0.25) is 0 Å². The van der Waals surface area contributed by atoms with Gasteiger partial charge in [-0.1, -0.05) is 12.8 Å². The van der Waals surface area contributed by atoms with E-state index in [0.29, 0.717) is 13.0 Å². The Morgan fingerprint density at radius 1 is 1.52 bits per heavy atom. The Balaban J connectivity index is 1.59. The highest BCUT2D eigenvalue weighted by Gasteiger charge is 2.33. The molecule has 0 unspecified atom stereocenters. The molecule has 1 aromatic heterocycles. The van der Waals surface area contributed by atoms with Gasteiger partial charge in [-0.05, 0) is 19.8 Å². The number of carbonyl (C=O) groups excluding carboxylic acids is 1. The van der Waals surface area contributed by atoms with E-state index in [2.05, 4.69) is 15.7 Å². The topological polar surface area (TPSA) is 62.2 Å². The molecule has 0 bridgehead atoms. The quantitative estimate of drug-likeness (QED) is 0.720. The zero-order chi connectivity index (χ0) is 15.1. The fraction of sp³-hybridized carbons (Fsp3) is 0.733. The second-order valence-corrected chi connectivity index (χ2v) is 7.97. The molecule has 1 aliphatic carbocycles. The summed E-state index contributed by atoms with van der Waals surface area (Å²) in [6.45, 7) is 2.82. The summed E-state index contributed by atoms with van der Waals surface area (Å²) in [7, 11) is 0. The summed E-state index contributed by atoms with van der Waals surface area (Å²) < 4.78 is 0. The van der Waals surface area contributed by atoms with E-state index >= 15 is 0 Å². The number of thioether (sulfide) groups is 1. The predicted molar refractivity (Wildman–Crippen MR) is 88.6 cm³/mol. The second kappa shape index (κ2) is 8.15. The van der Waals surface area contributed by atoms with Crippen LogP contribution in [0.5, 0.6) is 0 Å². The van der Waals surface area contributed by atoms with Crippen LogP contribution >= 0.6 is 23.1 Å². The molecule has 6 heteroatoms. The zero-order valence-electron chi connectivity index (χ0n) is 12.6. The van der Waals surface area contributed by atoms with Crippen molar-refractivity contribution in [3.8, 4) is 0 Å². The molecule has 0 spiro atoms. The molecule has 0 radical (unpaired) electrons. The van der Waals surface area contributed by atoms with Crippen LogP contribution in [0.15, 0.2) is 5.38 Å². The van der Waals surface area contributed by atoms with Crippen molar-refractivity contribution in [3.63, 3.8) is 0 Å². The fourth-order valence-electron chi connectivity index (χ4n) is 2.71. The third kappa shape index (κ3) is 5.27. The number of hydrogen-bond donors (Lipinski definition) is 2. The Hall–Kier alpha value is -0.590. The van der Waals surface area contributed by atoms with Gasteiger partial charge < -0.3 is 10.4 Å².